The highest BCUT2D eigenvalue weighted by atomic mass is 32.2. The van der Waals surface area contributed by atoms with E-state index in [-0.39, 0.29) is 34.0 Å². The number of amides is 2. The fourth-order valence-corrected chi connectivity index (χ4v) is 6.50. The Bertz CT molecular complexity index is 1890. The number of benzene rings is 1. The minimum atomic E-state index is -4.67. The summed E-state index contributed by atoms with van der Waals surface area (Å²) in [5, 5.41) is 18.9. The zero-order chi connectivity index (χ0) is 44.9. The molecule has 0 unspecified atom stereocenters. The molecule has 330 valence electrons. The second-order valence-corrected chi connectivity index (χ2v) is 14.0. The number of halogens is 6. The van der Waals surface area contributed by atoms with Crippen LogP contribution in [0.1, 0.15) is 103 Å². The summed E-state index contributed by atoms with van der Waals surface area (Å²) in [6, 6.07) is 8.71. The minimum absolute atomic E-state index is 0.0878. The molecule has 6 N–H and O–H groups in total. The molecule has 0 radical (unpaired) electrons. The predicted molar refractivity (Wildman–Crippen MR) is 222 cm³/mol. The minimum Gasteiger partial charge on any atom is -0.399 e. The number of carbonyl (C=O) groups excluding carboxylic acids is 3. The smallest absolute Gasteiger partial charge is 0.399 e. The van der Waals surface area contributed by atoms with Crippen LogP contribution in [0.3, 0.4) is 0 Å². The highest BCUT2D eigenvalue weighted by molar-refractivity contribution is 7.98. The molecule has 2 amide bonds. The number of nitrogens with one attached hydrogen (secondary N) is 2. The van der Waals surface area contributed by atoms with E-state index in [9.17, 15) is 40.7 Å². The first-order valence-corrected chi connectivity index (χ1v) is 20.6. The van der Waals surface area contributed by atoms with E-state index in [1.54, 1.807) is 28.6 Å². The number of nitrogen functional groups attached to an aromatic ring is 1. The van der Waals surface area contributed by atoms with Crippen molar-refractivity contribution in [2.75, 3.05) is 55.0 Å². The molecule has 0 spiro atoms. The first kappa shape index (κ1) is 50.7. The van der Waals surface area contributed by atoms with Gasteiger partial charge in [0.15, 0.2) is 22.9 Å². The average molecular weight is 869 g/mol. The molecule has 0 bridgehead atoms. The molecular weight excluding hydrogens is 815 g/mol. The van der Waals surface area contributed by atoms with Crippen LogP contribution < -0.4 is 31.9 Å². The number of thioether (sulfide) groups is 1. The molecule has 2 aliphatic rings. The SMILES string of the molecule is CC.CN/C=C\C(=C/C=O)NC(=O)c1nnc(C(F)(F)F)cc1N1CCCCCC1.CSc1cccc(N)c1.Cc1c(C(F)(F)F)nnc(N2CCCCCC2)c1C(N)=O. The maximum Gasteiger partial charge on any atom is 0.435 e. The van der Waals surface area contributed by atoms with E-state index in [1.165, 1.54) is 24.1 Å². The Labute approximate surface area is 350 Å². The maximum absolute atomic E-state index is 13.1. The van der Waals surface area contributed by atoms with Crippen molar-refractivity contribution in [2.45, 2.75) is 89.4 Å². The van der Waals surface area contributed by atoms with Gasteiger partial charge in [0.1, 0.15) is 6.29 Å². The van der Waals surface area contributed by atoms with Gasteiger partial charge in [-0.3, -0.25) is 14.4 Å². The molecule has 2 fully saturated rings. The number of nitrogens with two attached hydrogens (primary N) is 2. The van der Waals surface area contributed by atoms with Crippen molar-refractivity contribution < 1.29 is 40.7 Å². The van der Waals surface area contributed by atoms with Crippen LogP contribution in [0.2, 0.25) is 0 Å². The Morgan fingerprint density at radius 3 is 1.88 bits per heavy atom. The summed E-state index contributed by atoms with van der Waals surface area (Å²) >= 11 is 1.70. The van der Waals surface area contributed by atoms with E-state index in [1.807, 2.05) is 44.4 Å². The number of anilines is 3. The molecule has 4 heterocycles. The number of aldehydes is 1. The Hall–Kier alpha value is -5.40. The van der Waals surface area contributed by atoms with E-state index in [0.29, 0.717) is 32.5 Å². The molecule has 2 aromatic heterocycles. The zero-order valence-electron chi connectivity index (χ0n) is 34.4. The summed E-state index contributed by atoms with van der Waals surface area (Å²) in [4.78, 5) is 39.8. The topological polar surface area (TPSA) is 185 Å². The third-order valence-corrected chi connectivity index (χ3v) is 9.60. The van der Waals surface area contributed by atoms with Gasteiger partial charge in [-0.05, 0) is 81.0 Å². The lowest BCUT2D eigenvalue weighted by Gasteiger charge is -2.25. The molecule has 60 heavy (non-hydrogen) atoms. The summed E-state index contributed by atoms with van der Waals surface area (Å²) in [6.07, 6.45) is 4.74. The molecule has 2 saturated heterocycles. The zero-order valence-corrected chi connectivity index (χ0v) is 35.2. The highest BCUT2D eigenvalue weighted by Gasteiger charge is 2.38. The number of allylic oxidation sites excluding steroid dienone is 2. The Morgan fingerprint density at radius 2 is 1.42 bits per heavy atom. The number of alkyl halides is 6. The predicted octanol–water partition coefficient (Wildman–Crippen LogP) is 7.72. The monoisotopic (exact) mass is 868 g/mol. The number of nitrogens with zero attached hydrogens (tertiary/aromatic N) is 6. The van der Waals surface area contributed by atoms with Gasteiger partial charge >= 0.3 is 12.4 Å². The fraction of sp³-hybridized carbons (Fsp3) is 0.475. The van der Waals surface area contributed by atoms with Crippen LogP contribution in [0.5, 0.6) is 0 Å². The average Bonchev–Trinajstić information content (AvgIpc) is 3.66. The number of primary amides is 1. The molecule has 2 aliphatic heterocycles. The van der Waals surface area contributed by atoms with Crippen molar-refractivity contribution >= 4 is 47.1 Å². The largest absolute Gasteiger partial charge is 0.435 e. The normalized spacial score (nSPS) is 14.8. The lowest BCUT2D eigenvalue weighted by molar-refractivity contribution is -0.142. The van der Waals surface area contributed by atoms with Gasteiger partial charge in [-0.15, -0.1) is 32.2 Å². The van der Waals surface area contributed by atoms with Gasteiger partial charge in [0, 0.05) is 55.6 Å². The van der Waals surface area contributed by atoms with E-state index in [2.05, 4.69) is 31.0 Å². The lowest BCUT2D eigenvalue weighted by Crippen LogP contribution is -2.31. The maximum atomic E-state index is 13.1. The molecule has 0 saturated carbocycles. The highest BCUT2D eigenvalue weighted by Crippen LogP contribution is 2.34. The summed E-state index contributed by atoms with van der Waals surface area (Å²) < 4.78 is 77.9. The number of carbonyl (C=O) groups is 3. The molecule has 13 nitrogen and oxygen atoms in total. The van der Waals surface area contributed by atoms with Crippen LogP contribution in [-0.4, -0.2) is 78.0 Å². The Morgan fingerprint density at radius 1 is 0.833 bits per heavy atom. The quantitative estimate of drug-likeness (QED) is 0.0411. The van der Waals surface area contributed by atoms with E-state index >= 15 is 0 Å². The van der Waals surface area contributed by atoms with Gasteiger partial charge in [-0.25, -0.2) is 0 Å². The molecule has 5 rings (SSSR count). The van der Waals surface area contributed by atoms with E-state index in [0.717, 1.165) is 69.2 Å². The van der Waals surface area contributed by atoms with Crippen LogP contribution in [0, 0.1) is 6.92 Å². The molecule has 20 heteroatoms. The van der Waals surface area contributed by atoms with E-state index < -0.39 is 35.6 Å². The van der Waals surface area contributed by atoms with Crippen molar-refractivity contribution in [3.8, 4) is 0 Å². The van der Waals surface area contributed by atoms with Gasteiger partial charge in [-0.1, -0.05) is 45.6 Å². The summed E-state index contributed by atoms with van der Waals surface area (Å²) in [6.45, 7) is 7.54. The second-order valence-electron chi connectivity index (χ2n) is 13.1. The second kappa shape index (κ2) is 25.3. The first-order chi connectivity index (χ1) is 28.5. The standard InChI is InChI=1S/C18H22F3N5O2.C13H17F3N4O.C7H9NS.C2H6/c1-22-8-6-13(7-11-27)23-17(28)16-14(26-9-4-2-3-5-10-26)12-15(24-25-16)18(19,20)21;1-8-9(11(17)21)12(19-18-10(8)13(14,15)16)20-6-4-2-3-5-7-20;1-9-7-4-2-3-6(8)5-7;1-2/h6-8,11-12,22H,2-5,9-10H2,1H3,(H,23,28);2-7H2,1H3,(H2,17,21);2-5H,8H2,1H3;1-2H3/b8-6-,13-7+;;;. The molecule has 0 aliphatic carbocycles. The Kier molecular flexibility index (Phi) is 21.4. The van der Waals surface area contributed by atoms with Crippen LogP contribution in [0.25, 0.3) is 0 Å². The van der Waals surface area contributed by atoms with Crippen molar-refractivity contribution in [1.82, 2.24) is 31.0 Å². The first-order valence-electron chi connectivity index (χ1n) is 19.4. The van der Waals surface area contributed by atoms with Crippen molar-refractivity contribution in [3.63, 3.8) is 0 Å². The van der Waals surface area contributed by atoms with Crippen LogP contribution in [0.15, 0.2) is 59.3 Å². The van der Waals surface area contributed by atoms with Gasteiger partial charge in [0.25, 0.3) is 11.8 Å². The van der Waals surface area contributed by atoms with Crippen LogP contribution in [-0.2, 0) is 17.1 Å². The van der Waals surface area contributed by atoms with E-state index in [4.69, 9.17) is 11.5 Å². The number of hydrogen-bond acceptors (Lipinski definition) is 12. The third-order valence-electron chi connectivity index (χ3n) is 8.87. The third kappa shape index (κ3) is 16.0. The van der Waals surface area contributed by atoms with Gasteiger partial charge in [0.2, 0.25) is 0 Å². The number of aromatic nitrogens is 4. The molecule has 3 aromatic rings. The number of hydrogen-bond donors (Lipinski definition) is 4. The van der Waals surface area contributed by atoms with Crippen LogP contribution >= 0.6 is 11.8 Å². The molecule has 0 atom stereocenters. The van der Waals surface area contributed by atoms with Gasteiger partial charge in [0.05, 0.1) is 11.3 Å². The van der Waals surface area contributed by atoms with Gasteiger partial charge in [-0.2, -0.15) is 26.3 Å². The van der Waals surface area contributed by atoms with Crippen molar-refractivity contribution in [2.24, 2.45) is 5.73 Å². The van der Waals surface area contributed by atoms with Crippen molar-refractivity contribution in [1.29, 1.82) is 0 Å². The van der Waals surface area contributed by atoms with Crippen molar-refractivity contribution in [3.05, 3.63) is 82.6 Å². The van der Waals surface area contributed by atoms with Gasteiger partial charge < -0.3 is 31.9 Å². The van der Waals surface area contributed by atoms with Crippen LogP contribution in [0.4, 0.5) is 43.5 Å². The summed E-state index contributed by atoms with van der Waals surface area (Å²) in [7, 11) is 1.63. The lowest BCUT2D eigenvalue weighted by atomic mass is 10.1. The molecular formula is C40H54F6N10O3S. The Balaban J connectivity index is 0.000000338. The fourth-order valence-electron chi connectivity index (χ4n) is 6.03. The molecule has 1 aromatic carbocycles. The summed E-state index contributed by atoms with van der Waals surface area (Å²) in [5.74, 6) is -1.49. The summed E-state index contributed by atoms with van der Waals surface area (Å²) in [5.41, 5.74) is 8.91. The number of rotatable bonds is 9.